The lowest BCUT2D eigenvalue weighted by Crippen LogP contribution is -2.23. The van der Waals surface area contributed by atoms with Crippen LogP contribution in [0.4, 0.5) is 5.69 Å². The fraction of sp³-hybridized carbons (Fsp3) is 0.318. The van der Waals surface area contributed by atoms with Crippen molar-refractivity contribution in [3.05, 3.63) is 65.7 Å². The SMILES string of the molecule is CCCNC(=O)c1ccc(NC(=O)CCC(=O)OCCc2ccccc2)cc1. The molecule has 28 heavy (non-hydrogen) atoms. The van der Waals surface area contributed by atoms with Crippen LogP contribution >= 0.6 is 0 Å². The lowest BCUT2D eigenvalue weighted by Gasteiger charge is -2.08. The summed E-state index contributed by atoms with van der Waals surface area (Å²) in [6, 6.07) is 16.4. The molecular formula is C22H26N2O4. The third kappa shape index (κ3) is 7.61. The van der Waals surface area contributed by atoms with Gasteiger partial charge in [-0.2, -0.15) is 0 Å². The van der Waals surface area contributed by atoms with E-state index in [0.717, 1.165) is 12.0 Å². The monoisotopic (exact) mass is 382 g/mol. The Kier molecular flexibility index (Phi) is 8.72. The van der Waals surface area contributed by atoms with Crippen molar-refractivity contribution in [3.8, 4) is 0 Å². The second-order valence-electron chi connectivity index (χ2n) is 6.34. The molecule has 6 nitrogen and oxygen atoms in total. The number of carbonyl (C=O) groups is 3. The predicted octanol–water partition coefficient (Wildman–Crippen LogP) is 3.33. The molecule has 2 amide bonds. The second-order valence-corrected chi connectivity index (χ2v) is 6.34. The molecule has 2 rings (SSSR count). The van der Waals surface area contributed by atoms with Crippen LogP contribution in [0.3, 0.4) is 0 Å². The summed E-state index contributed by atoms with van der Waals surface area (Å²) in [5.41, 5.74) is 2.21. The fourth-order valence-corrected chi connectivity index (χ4v) is 2.48. The summed E-state index contributed by atoms with van der Waals surface area (Å²) >= 11 is 0. The molecule has 0 fully saturated rings. The van der Waals surface area contributed by atoms with Gasteiger partial charge in [-0.05, 0) is 36.2 Å². The number of anilines is 1. The topological polar surface area (TPSA) is 84.5 Å². The minimum absolute atomic E-state index is 0.0259. The third-order valence-electron chi connectivity index (χ3n) is 4.02. The fourth-order valence-electron chi connectivity index (χ4n) is 2.48. The van der Waals surface area contributed by atoms with E-state index in [2.05, 4.69) is 10.6 Å². The van der Waals surface area contributed by atoms with Gasteiger partial charge in [-0.1, -0.05) is 37.3 Å². The van der Waals surface area contributed by atoms with Crippen LogP contribution in [0.1, 0.15) is 42.1 Å². The number of amides is 2. The normalized spacial score (nSPS) is 10.2. The Balaban J connectivity index is 1.67. The molecule has 0 aliphatic rings. The van der Waals surface area contributed by atoms with Gasteiger partial charge >= 0.3 is 5.97 Å². The number of benzene rings is 2. The van der Waals surface area contributed by atoms with Gasteiger partial charge in [-0.25, -0.2) is 0 Å². The van der Waals surface area contributed by atoms with Gasteiger partial charge in [0.1, 0.15) is 0 Å². The van der Waals surface area contributed by atoms with Gasteiger partial charge in [0.25, 0.3) is 5.91 Å². The van der Waals surface area contributed by atoms with Gasteiger partial charge < -0.3 is 15.4 Å². The average molecular weight is 382 g/mol. The summed E-state index contributed by atoms with van der Waals surface area (Å²) in [7, 11) is 0. The van der Waals surface area contributed by atoms with E-state index in [4.69, 9.17) is 4.74 Å². The van der Waals surface area contributed by atoms with Crippen molar-refractivity contribution in [1.29, 1.82) is 0 Å². The summed E-state index contributed by atoms with van der Waals surface area (Å²) in [4.78, 5) is 35.6. The van der Waals surface area contributed by atoms with Crippen molar-refractivity contribution < 1.29 is 19.1 Å². The maximum Gasteiger partial charge on any atom is 0.306 e. The highest BCUT2D eigenvalue weighted by molar-refractivity contribution is 5.96. The maximum atomic E-state index is 12.0. The standard InChI is InChI=1S/C22H26N2O4/c1-2-15-23-22(27)18-8-10-19(11-9-18)24-20(25)12-13-21(26)28-16-14-17-6-4-3-5-7-17/h3-11H,2,12-16H2,1H3,(H,23,27)(H,24,25). The molecule has 0 radical (unpaired) electrons. The smallest absolute Gasteiger partial charge is 0.306 e. The second kappa shape index (κ2) is 11.5. The van der Waals surface area contributed by atoms with Gasteiger partial charge in [0.05, 0.1) is 13.0 Å². The first-order valence-electron chi connectivity index (χ1n) is 9.46. The number of esters is 1. The minimum atomic E-state index is -0.394. The van der Waals surface area contributed by atoms with Crippen LogP contribution in [0.2, 0.25) is 0 Å². The number of rotatable bonds is 10. The Bertz CT molecular complexity index is 773. The third-order valence-corrected chi connectivity index (χ3v) is 4.02. The number of ether oxygens (including phenoxy) is 1. The highest BCUT2D eigenvalue weighted by Gasteiger charge is 2.09. The van der Waals surface area contributed by atoms with Gasteiger partial charge in [0, 0.05) is 30.6 Å². The highest BCUT2D eigenvalue weighted by Crippen LogP contribution is 2.10. The minimum Gasteiger partial charge on any atom is -0.465 e. The summed E-state index contributed by atoms with van der Waals surface area (Å²) in [6.45, 7) is 2.91. The van der Waals surface area contributed by atoms with E-state index < -0.39 is 5.97 Å². The molecule has 0 aliphatic carbocycles. The number of hydrogen-bond donors (Lipinski definition) is 2. The molecule has 0 heterocycles. The van der Waals surface area contributed by atoms with Crippen LogP contribution in [0.15, 0.2) is 54.6 Å². The first-order chi connectivity index (χ1) is 13.6. The molecule has 6 heteroatoms. The lowest BCUT2D eigenvalue weighted by atomic mass is 10.2. The van der Waals surface area contributed by atoms with Crippen LogP contribution < -0.4 is 10.6 Å². The predicted molar refractivity (Wildman–Crippen MR) is 108 cm³/mol. The van der Waals surface area contributed by atoms with E-state index in [1.807, 2.05) is 37.3 Å². The molecule has 0 bridgehead atoms. The zero-order chi connectivity index (χ0) is 20.2. The number of hydrogen-bond acceptors (Lipinski definition) is 4. The van der Waals surface area contributed by atoms with E-state index in [-0.39, 0.29) is 24.7 Å². The molecule has 0 saturated carbocycles. The van der Waals surface area contributed by atoms with E-state index in [1.54, 1.807) is 24.3 Å². The Labute approximate surface area is 165 Å². The first-order valence-corrected chi connectivity index (χ1v) is 9.46. The Morgan fingerprint density at radius 2 is 1.64 bits per heavy atom. The molecule has 0 saturated heterocycles. The van der Waals surface area contributed by atoms with Gasteiger partial charge in [0.2, 0.25) is 5.91 Å². The molecule has 0 unspecified atom stereocenters. The molecule has 2 N–H and O–H groups in total. The van der Waals surface area contributed by atoms with Crippen LogP contribution in [-0.4, -0.2) is 30.9 Å². The maximum absolute atomic E-state index is 12.0. The highest BCUT2D eigenvalue weighted by atomic mass is 16.5. The summed E-state index contributed by atoms with van der Waals surface area (Å²) < 4.78 is 5.16. The van der Waals surface area contributed by atoms with Crippen molar-refractivity contribution in [2.75, 3.05) is 18.5 Å². The van der Waals surface area contributed by atoms with E-state index in [1.165, 1.54) is 0 Å². The van der Waals surface area contributed by atoms with Crippen LogP contribution in [0.5, 0.6) is 0 Å². The summed E-state index contributed by atoms with van der Waals surface area (Å²) in [5, 5.41) is 5.50. The van der Waals surface area contributed by atoms with Crippen molar-refractivity contribution >= 4 is 23.5 Å². The average Bonchev–Trinajstić information content (AvgIpc) is 2.72. The summed E-state index contributed by atoms with van der Waals surface area (Å²) in [5.74, 6) is -0.810. The zero-order valence-electron chi connectivity index (χ0n) is 16.1. The van der Waals surface area contributed by atoms with Crippen molar-refractivity contribution in [1.82, 2.24) is 5.32 Å². The van der Waals surface area contributed by atoms with Gasteiger partial charge in [-0.15, -0.1) is 0 Å². The zero-order valence-corrected chi connectivity index (χ0v) is 16.1. The number of nitrogens with one attached hydrogen (secondary N) is 2. The molecule has 0 atom stereocenters. The molecule has 0 aliphatic heterocycles. The number of carbonyl (C=O) groups excluding carboxylic acids is 3. The van der Waals surface area contributed by atoms with Crippen LogP contribution in [0, 0.1) is 0 Å². The quantitative estimate of drug-likeness (QED) is 0.617. The van der Waals surface area contributed by atoms with Crippen LogP contribution in [0.25, 0.3) is 0 Å². The Morgan fingerprint density at radius 1 is 0.929 bits per heavy atom. The Hall–Kier alpha value is -3.15. The van der Waals surface area contributed by atoms with Crippen molar-refractivity contribution in [2.45, 2.75) is 32.6 Å². The van der Waals surface area contributed by atoms with E-state index >= 15 is 0 Å². The van der Waals surface area contributed by atoms with Gasteiger partial charge in [0.15, 0.2) is 0 Å². The largest absolute Gasteiger partial charge is 0.465 e. The van der Waals surface area contributed by atoms with E-state index in [9.17, 15) is 14.4 Å². The van der Waals surface area contributed by atoms with Crippen molar-refractivity contribution in [2.24, 2.45) is 0 Å². The molecule has 2 aromatic carbocycles. The molecule has 2 aromatic rings. The van der Waals surface area contributed by atoms with Crippen LogP contribution in [-0.2, 0) is 20.7 Å². The van der Waals surface area contributed by atoms with E-state index in [0.29, 0.717) is 30.8 Å². The first kappa shape index (κ1) is 21.2. The molecule has 0 spiro atoms. The van der Waals surface area contributed by atoms with Crippen molar-refractivity contribution in [3.63, 3.8) is 0 Å². The lowest BCUT2D eigenvalue weighted by molar-refractivity contribution is -0.144. The molecule has 148 valence electrons. The summed E-state index contributed by atoms with van der Waals surface area (Å²) in [6.07, 6.45) is 1.59. The molecular weight excluding hydrogens is 356 g/mol. The Morgan fingerprint density at radius 3 is 2.32 bits per heavy atom. The van der Waals surface area contributed by atoms with Gasteiger partial charge in [-0.3, -0.25) is 14.4 Å². The molecule has 0 aromatic heterocycles.